The molecule has 0 unspecified atom stereocenters. The number of aromatic nitrogens is 1. The average molecular weight is 288 g/mol. The first-order chi connectivity index (χ1) is 9.88. The Labute approximate surface area is 122 Å². The number of benzene rings is 1. The van der Waals surface area contributed by atoms with Crippen LogP contribution >= 0.6 is 0 Å². The number of aryl methyl sites for hydroxylation is 2. The molecule has 21 heavy (non-hydrogen) atoms. The van der Waals surface area contributed by atoms with Gasteiger partial charge in [0.05, 0.1) is 0 Å². The summed E-state index contributed by atoms with van der Waals surface area (Å²) >= 11 is 0. The Kier molecular flexibility index (Phi) is 4.21. The predicted molar refractivity (Wildman–Crippen MR) is 79.2 cm³/mol. The summed E-state index contributed by atoms with van der Waals surface area (Å²) < 4.78 is 12.9. The van der Waals surface area contributed by atoms with E-state index in [4.69, 9.17) is 0 Å². The third-order valence-corrected chi connectivity index (χ3v) is 3.23. The van der Waals surface area contributed by atoms with Gasteiger partial charge in [0.25, 0.3) is 0 Å². The van der Waals surface area contributed by atoms with Crippen molar-refractivity contribution in [3.05, 3.63) is 58.5 Å². The first-order valence-electron chi connectivity index (χ1n) is 6.55. The van der Waals surface area contributed by atoms with Crippen molar-refractivity contribution in [3.63, 3.8) is 0 Å². The fourth-order valence-electron chi connectivity index (χ4n) is 2.30. The second-order valence-electron chi connectivity index (χ2n) is 5.07. The molecule has 4 nitrogen and oxygen atoms in total. The lowest BCUT2D eigenvalue weighted by Crippen LogP contribution is -2.22. The largest absolute Gasteiger partial charge is 0.478 e. The van der Waals surface area contributed by atoms with Gasteiger partial charge in [-0.3, -0.25) is 0 Å². The van der Waals surface area contributed by atoms with Gasteiger partial charge in [-0.05, 0) is 43.2 Å². The number of hydrogen-bond donors (Lipinski definition) is 1. The molecule has 2 rings (SSSR count). The molecule has 0 aliphatic rings. The van der Waals surface area contributed by atoms with E-state index in [9.17, 15) is 14.3 Å². The van der Waals surface area contributed by atoms with Crippen LogP contribution in [0.2, 0.25) is 0 Å². The minimum absolute atomic E-state index is 0.199. The maximum atomic E-state index is 12.9. The number of rotatable bonds is 4. The van der Waals surface area contributed by atoms with Crippen molar-refractivity contribution in [2.75, 3.05) is 11.9 Å². The van der Waals surface area contributed by atoms with Crippen LogP contribution in [-0.4, -0.2) is 23.1 Å². The Bertz CT molecular complexity index is 669. The summed E-state index contributed by atoms with van der Waals surface area (Å²) in [5.74, 6) is -0.873. The van der Waals surface area contributed by atoms with Gasteiger partial charge >= 0.3 is 5.97 Å². The molecular formula is C16H17FN2O2. The van der Waals surface area contributed by atoms with Crippen LogP contribution in [0.1, 0.15) is 27.2 Å². The molecule has 0 saturated heterocycles. The molecular weight excluding hydrogens is 271 g/mol. The molecule has 0 aliphatic heterocycles. The van der Waals surface area contributed by atoms with Gasteiger partial charge in [-0.15, -0.1) is 0 Å². The molecule has 110 valence electrons. The zero-order valence-corrected chi connectivity index (χ0v) is 12.2. The van der Waals surface area contributed by atoms with Crippen molar-refractivity contribution in [3.8, 4) is 0 Å². The predicted octanol–water partition coefficient (Wildman–Crippen LogP) is 3.17. The van der Waals surface area contributed by atoms with Crippen LogP contribution in [0.15, 0.2) is 30.3 Å². The number of pyridine rings is 1. The van der Waals surface area contributed by atoms with Gasteiger partial charge in [0, 0.05) is 19.3 Å². The smallest absolute Gasteiger partial charge is 0.339 e. The zero-order chi connectivity index (χ0) is 15.6. The second-order valence-corrected chi connectivity index (χ2v) is 5.07. The van der Waals surface area contributed by atoms with Gasteiger partial charge in [-0.2, -0.15) is 0 Å². The lowest BCUT2D eigenvalue weighted by Gasteiger charge is -2.21. The van der Waals surface area contributed by atoms with Crippen LogP contribution in [0.5, 0.6) is 0 Å². The molecule has 1 N–H and O–H groups in total. The van der Waals surface area contributed by atoms with Crippen molar-refractivity contribution in [1.82, 2.24) is 4.98 Å². The third-order valence-electron chi connectivity index (χ3n) is 3.23. The average Bonchev–Trinajstić information content (AvgIpc) is 2.39. The van der Waals surface area contributed by atoms with E-state index in [2.05, 4.69) is 4.98 Å². The zero-order valence-electron chi connectivity index (χ0n) is 12.2. The summed E-state index contributed by atoms with van der Waals surface area (Å²) in [6.45, 7) is 4.04. The van der Waals surface area contributed by atoms with Gasteiger partial charge in [-0.1, -0.05) is 12.1 Å². The topological polar surface area (TPSA) is 53.4 Å². The molecule has 1 aromatic carbocycles. The summed E-state index contributed by atoms with van der Waals surface area (Å²) in [6, 6.07) is 7.87. The maximum Gasteiger partial charge on any atom is 0.339 e. The van der Waals surface area contributed by atoms with Crippen LogP contribution in [0.25, 0.3) is 0 Å². The minimum atomic E-state index is -0.999. The van der Waals surface area contributed by atoms with Crippen LogP contribution in [0.3, 0.4) is 0 Å². The van der Waals surface area contributed by atoms with Crippen LogP contribution < -0.4 is 4.90 Å². The number of anilines is 1. The van der Waals surface area contributed by atoms with Crippen molar-refractivity contribution in [1.29, 1.82) is 0 Å². The van der Waals surface area contributed by atoms with Gasteiger partial charge < -0.3 is 10.0 Å². The molecule has 0 atom stereocenters. The lowest BCUT2D eigenvalue weighted by molar-refractivity contribution is 0.0696. The van der Waals surface area contributed by atoms with Crippen molar-refractivity contribution < 1.29 is 14.3 Å². The monoisotopic (exact) mass is 288 g/mol. The second kappa shape index (κ2) is 5.91. The number of nitrogens with zero attached hydrogens (tertiary/aromatic N) is 2. The van der Waals surface area contributed by atoms with Crippen molar-refractivity contribution >= 4 is 11.8 Å². The molecule has 0 spiro atoms. The first kappa shape index (κ1) is 15.0. The highest BCUT2D eigenvalue weighted by Crippen LogP contribution is 2.23. The number of aromatic carboxylic acids is 1. The molecule has 0 fully saturated rings. The molecule has 0 saturated carbocycles. The molecule has 1 aromatic heterocycles. The van der Waals surface area contributed by atoms with Crippen LogP contribution in [-0.2, 0) is 6.54 Å². The first-order valence-corrected chi connectivity index (χ1v) is 6.55. The summed E-state index contributed by atoms with van der Waals surface area (Å²) in [6.07, 6.45) is 0. The van der Waals surface area contributed by atoms with Gasteiger partial charge in [-0.25, -0.2) is 14.2 Å². The number of halogens is 1. The van der Waals surface area contributed by atoms with Gasteiger partial charge in [0.2, 0.25) is 0 Å². The fraction of sp³-hybridized carbons (Fsp3) is 0.250. The van der Waals surface area contributed by atoms with Crippen LogP contribution in [0.4, 0.5) is 10.2 Å². The van der Waals surface area contributed by atoms with E-state index in [1.54, 1.807) is 37.1 Å². The Morgan fingerprint density at radius 1 is 1.29 bits per heavy atom. The van der Waals surface area contributed by atoms with Crippen molar-refractivity contribution in [2.24, 2.45) is 0 Å². The highest BCUT2D eigenvalue weighted by atomic mass is 19.1. The number of hydrogen-bond acceptors (Lipinski definition) is 3. The van der Waals surface area contributed by atoms with Gasteiger partial charge in [0.15, 0.2) is 0 Å². The van der Waals surface area contributed by atoms with E-state index >= 15 is 0 Å². The quantitative estimate of drug-likeness (QED) is 0.939. The summed E-state index contributed by atoms with van der Waals surface area (Å²) in [5.41, 5.74) is 2.52. The van der Waals surface area contributed by atoms with Crippen molar-refractivity contribution in [2.45, 2.75) is 20.4 Å². The van der Waals surface area contributed by atoms with E-state index in [0.717, 1.165) is 11.3 Å². The molecule has 0 aliphatic carbocycles. The Balaban J connectivity index is 2.36. The molecule has 5 heteroatoms. The number of carboxylic acids is 1. The lowest BCUT2D eigenvalue weighted by atomic mass is 10.1. The molecule has 0 bridgehead atoms. The highest BCUT2D eigenvalue weighted by Gasteiger charge is 2.18. The Hall–Kier alpha value is -2.43. The number of carboxylic acid groups (broad SMARTS) is 1. The molecule has 0 radical (unpaired) electrons. The number of carbonyl (C=O) groups is 1. The van der Waals surface area contributed by atoms with Gasteiger partial charge in [0.1, 0.15) is 17.2 Å². The summed E-state index contributed by atoms with van der Waals surface area (Å²) in [7, 11) is 1.77. The SMILES string of the molecule is Cc1cc(C)c(C(=O)O)c(N(C)Cc2ccc(F)cc2)n1. The Morgan fingerprint density at radius 3 is 2.48 bits per heavy atom. The van der Waals surface area contributed by atoms with E-state index < -0.39 is 5.97 Å². The summed E-state index contributed by atoms with van der Waals surface area (Å²) in [5, 5.41) is 9.37. The molecule has 1 heterocycles. The van der Waals surface area contributed by atoms with E-state index in [0.29, 0.717) is 17.9 Å². The van der Waals surface area contributed by atoms with E-state index in [1.807, 2.05) is 6.92 Å². The minimum Gasteiger partial charge on any atom is -0.478 e. The summed E-state index contributed by atoms with van der Waals surface area (Å²) in [4.78, 5) is 17.5. The standard InChI is InChI=1S/C16H17FN2O2/c1-10-8-11(2)18-15(14(10)16(20)21)19(3)9-12-4-6-13(17)7-5-12/h4-8H,9H2,1-3H3,(H,20,21). The van der Waals surface area contributed by atoms with E-state index in [1.165, 1.54) is 12.1 Å². The third kappa shape index (κ3) is 3.37. The fourth-order valence-corrected chi connectivity index (χ4v) is 2.30. The Morgan fingerprint density at radius 2 is 1.90 bits per heavy atom. The van der Waals surface area contributed by atoms with E-state index in [-0.39, 0.29) is 11.4 Å². The maximum absolute atomic E-state index is 12.9. The normalized spacial score (nSPS) is 10.5. The molecule has 0 amide bonds. The molecule has 2 aromatic rings. The highest BCUT2D eigenvalue weighted by molar-refractivity contribution is 5.95. The van der Waals surface area contributed by atoms with Crippen LogP contribution in [0, 0.1) is 19.7 Å².